The van der Waals surface area contributed by atoms with E-state index in [0.717, 1.165) is 0 Å². The van der Waals surface area contributed by atoms with E-state index in [9.17, 15) is 19.7 Å². The summed E-state index contributed by atoms with van der Waals surface area (Å²) in [6, 6.07) is 4.33. The van der Waals surface area contributed by atoms with Gasteiger partial charge in [-0.2, -0.15) is 0 Å². The minimum atomic E-state index is -0.581. The van der Waals surface area contributed by atoms with Crippen molar-refractivity contribution < 1.29 is 14.5 Å². The Hall–Kier alpha value is -2.15. The maximum absolute atomic E-state index is 11.8. The molecule has 1 aliphatic heterocycles. The van der Waals surface area contributed by atoms with E-state index in [2.05, 4.69) is 0 Å². The molecule has 0 spiro atoms. The van der Waals surface area contributed by atoms with Crippen LogP contribution in [0.1, 0.15) is 5.56 Å². The number of nitrogens with zero attached hydrogens (tertiary/aromatic N) is 3. The van der Waals surface area contributed by atoms with Crippen LogP contribution in [0.25, 0.3) is 0 Å². The summed E-state index contributed by atoms with van der Waals surface area (Å²) in [5.41, 5.74) is 0.351. The normalized spacial score (nSPS) is 15.7. The average molecular weight is 298 g/mol. The van der Waals surface area contributed by atoms with Gasteiger partial charge in [0.25, 0.3) is 5.69 Å². The Balaban J connectivity index is 2.18. The molecule has 2 rings (SSSR count). The zero-order valence-corrected chi connectivity index (χ0v) is 11.5. The number of carbonyl (C=O) groups is 2. The number of likely N-dealkylation sites (N-methyl/N-ethyl adjacent to an activating group) is 1. The summed E-state index contributed by atoms with van der Waals surface area (Å²) in [6.07, 6.45) is 0. The van der Waals surface area contributed by atoms with Crippen molar-refractivity contribution in [1.29, 1.82) is 0 Å². The highest BCUT2D eigenvalue weighted by molar-refractivity contribution is 6.32. The highest BCUT2D eigenvalue weighted by Crippen LogP contribution is 2.25. The van der Waals surface area contributed by atoms with Gasteiger partial charge in [-0.05, 0) is 11.6 Å². The molecule has 1 saturated heterocycles. The molecule has 106 valence electrons. The molecule has 0 radical (unpaired) electrons. The fourth-order valence-corrected chi connectivity index (χ4v) is 2.11. The SMILES string of the molecule is CN1CC(=O)N(Cc2ccc(Cl)c([N+](=O)[O-])c2)CC1=O. The summed E-state index contributed by atoms with van der Waals surface area (Å²) in [4.78, 5) is 36.3. The van der Waals surface area contributed by atoms with Crippen molar-refractivity contribution in [3.8, 4) is 0 Å². The Morgan fingerprint density at radius 1 is 1.30 bits per heavy atom. The van der Waals surface area contributed by atoms with Gasteiger partial charge < -0.3 is 9.80 Å². The number of nitro groups is 1. The summed E-state index contributed by atoms with van der Waals surface area (Å²) in [6.45, 7) is 0.149. The third kappa shape index (κ3) is 2.88. The molecule has 0 unspecified atom stereocenters. The smallest absolute Gasteiger partial charge is 0.288 e. The molecule has 0 saturated carbocycles. The molecule has 1 fully saturated rings. The molecule has 0 atom stereocenters. The molecular weight excluding hydrogens is 286 g/mol. The van der Waals surface area contributed by atoms with E-state index in [-0.39, 0.29) is 42.2 Å². The summed E-state index contributed by atoms with van der Waals surface area (Å²) in [7, 11) is 1.56. The lowest BCUT2D eigenvalue weighted by Crippen LogP contribution is -2.51. The van der Waals surface area contributed by atoms with Crippen molar-refractivity contribution in [3.63, 3.8) is 0 Å². The second-order valence-corrected chi connectivity index (χ2v) is 4.95. The van der Waals surface area contributed by atoms with E-state index in [1.165, 1.54) is 21.9 Å². The largest absolute Gasteiger partial charge is 0.335 e. The molecule has 1 aliphatic rings. The number of amides is 2. The average Bonchev–Trinajstić information content (AvgIpc) is 2.37. The quantitative estimate of drug-likeness (QED) is 0.616. The number of nitro benzene ring substituents is 1. The van der Waals surface area contributed by atoms with Crippen LogP contribution in [-0.4, -0.2) is 46.7 Å². The van der Waals surface area contributed by atoms with E-state index >= 15 is 0 Å². The third-order valence-corrected chi connectivity index (χ3v) is 3.38. The van der Waals surface area contributed by atoms with Crippen LogP contribution in [0.5, 0.6) is 0 Å². The van der Waals surface area contributed by atoms with Crippen LogP contribution in [0.15, 0.2) is 18.2 Å². The predicted octanol–water partition coefficient (Wildman–Crippen LogP) is 1.05. The minimum Gasteiger partial charge on any atom is -0.335 e. The number of hydrogen-bond acceptors (Lipinski definition) is 4. The highest BCUT2D eigenvalue weighted by Gasteiger charge is 2.27. The molecule has 8 heteroatoms. The molecule has 0 bridgehead atoms. The Morgan fingerprint density at radius 3 is 2.65 bits per heavy atom. The fraction of sp³-hybridized carbons (Fsp3) is 0.333. The summed E-state index contributed by atoms with van der Waals surface area (Å²) in [5, 5.41) is 10.8. The topological polar surface area (TPSA) is 83.8 Å². The van der Waals surface area contributed by atoms with Crippen molar-refractivity contribution in [3.05, 3.63) is 38.9 Å². The molecule has 20 heavy (non-hydrogen) atoms. The van der Waals surface area contributed by atoms with Gasteiger partial charge in [-0.3, -0.25) is 19.7 Å². The van der Waals surface area contributed by atoms with Crippen LogP contribution < -0.4 is 0 Å². The van der Waals surface area contributed by atoms with E-state index in [0.29, 0.717) is 5.56 Å². The van der Waals surface area contributed by atoms with Gasteiger partial charge in [-0.15, -0.1) is 0 Å². The standard InChI is InChI=1S/C12H12ClN3O4/c1-14-6-12(18)15(7-11(14)17)5-8-2-3-9(13)10(4-8)16(19)20/h2-4H,5-7H2,1H3. The minimum absolute atomic E-state index is 0.0221. The molecule has 1 heterocycles. The lowest BCUT2D eigenvalue weighted by molar-refractivity contribution is -0.384. The van der Waals surface area contributed by atoms with Gasteiger partial charge in [-0.25, -0.2) is 0 Å². The summed E-state index contributed by atoms with van der Waals surface area (Å²) in [5.74, 6) is -0.349. The molecular formula is C12H12ClN3O4. The van der Waals surface area contributed by atoms with E-state index in [1.54, 1.807) is 13.1 Å². The molecule has 0 aromatic heterocycles. The maximum atomic E-state index is 11.8. The maximum Gasteiger partial charge on any atom is 0.288 e. The van der Waals surface area contributed by atoms with Crippen molar-refractivity contribution >= 4 is 29.1 Å². The number of hydrogen-bond donors (Lipinski definition) is 0. The first-order valence-corrected chi connectivity index (χ1v) is 6.21. The second kappa shape index (κ2) is 5.46. The lowest BCUT2D eigenvalue weighted by Gasteiger charge is -2.31. The molecule has 2 amide bonds. The number of halogens is 1. The first-order valence-electron chi connectivity index (χ1n) is 5.83. The molecule has 0 aliphatic carbocycles. The van der Waals surface area contributed by atoms with Crippen LogP contribution in [0.3, 0.4) is 0 Å². The number of piperazine rings is 1. The second-order valence-electron chi connectivity index (χ2n) is 4.54. The third-order valence-electron chi connectivity index (χ3n) is 3.06. The van der Waals surface area contributed by atoms with Crippen molar-refractivity contribution in [2.45, 2.75) is 6.54 Å². The van der Waals surface area contributed by atoms with Crippen molar-refractivity contribution in [2.75, 3.05) is 20.1 Å². The Morgan fingerprint density at radius 2 is 2.00 bits per heavy atom. The van der Waals surface area contributed by atoms with Gasteiger partial charge in [0, 0.05) is 19.7 Å². The zero-order chi connectivity index (χ0) is 14.9. The highest BCUT2D eigenvalue weighted by atomic mass is 35.5. The van der Waals surface area contributed by atoms with Crippen LogP contribution in [-0.2, 0) is 16.1 Å². The fourth-order valence-electron chi connectivity index (χ4n) is 1.92. The van der Waals surface area contributed by atoms with Crippen LogP contribution in [0.2, 0.25) is 5.02 Å². The molecule has 0 N–H and O–H groups in total. The number of benzene rings is 1. The monoisotopic (exact) mass is 297 g/mol. The zero-order valence-electron chi connectivity index (χ0n) is 10.7. The van der Waals surface area contributed by atoms with Crippen molar-refractivity contribution in [1.82, 2.24) is 9.80 Å². The number of carbonyl (C=O) groups excluding carboxylic acids is 2. The van der Waals surface area contributed by atoms with Gasteiger partial charge in [0.2, 0.25) is 11.8 Å². The Kier molecular flexibility index (Phi) is 3.89. The van der Waals surface area contributed by atoms with E-state index < -0.39 is 4.92 Å². The summed E-state index contributed by atoms with van der Waals surface area (Å²) >= 11 is 5.72. The number of rotatable bonds is 3. The van der Waals surface area contributed by atoms with E-state index in [1.807, 2.05) is 0 Å². The predicted molar refractivity (Wildman–Crippen MR) is 71.2 cm³/mol. The Labute approximate surface area is 119 Å². The van der Waals surface area contributed by atoms with Gasteiger partial charge in [0.1, 0.15) is 11.6 Å². The van der Waals surface area contributed by atoms with Crippen LogP contribution in [0.4, 0.5) is 5.69 Å². The molecule has 1 aromatic rings. The van der Waals surface area contributed by atoms with Crippen LogP contribution in [0, 0.1) is 10.1 Å². The first-order chi connectivity index (χ1) is 9.38. The van der Waals surface area contributed by atoms with Gasteiger partial charge in [0.15, 0.2) is 0 Å². The Bertz CT molecular complexity index is 590. The summed E-state index contributed by atoms with van der Waals surface area (Å²) < 4.78 is 0. The van der Waals surface area contributed by atoms with Gasteiger partial charge >= 0.3 is 0 Å². The van der Waals surface area contributed by atoms with Crippen molar-refractivity contribution in [2.24, 2.45) is 0 Å². The van der Waals surface area contributed by atoms with Gasteiger partial charge in [-0.1, -0.05) is 17.7 Å². The lowest BCUT2D eigenvalue weighted by atomic mass is 10.1. The molecule has 1 aromatic carbocycles. The van der Waals surface area contributed by atoms with Gasteiger partial charge in [0.05, 0.1) is 11.5 Å². The first kappa shape index (κ1) is 14.3. The van der Waals surface area contributed by atoms with E-state index in [4.69, 9.17) is 11.6 Å². The molecule has 7 nitrogen and oxygen atoms in total. The van der Waals surface area contributed by atoms with Crippen LogP contribution >= 0.6 is 11.6 Å².